The second kappa shape index (κ2) is 7.19. The fourth-order valence-electron chi connectivity index (χ4n) is 6.83. The van der Waals surface area contributed by atoms with Crippen molar-refractivity contribution in [2.75, 3.05) is 14.2 Å². The maximum absolute atomic E-state index is 14.4. The number of methoxy groups -OCH3 is 2. The minimum atomic E-state index is -1.29. The van der Waals surface area contributed by atoms with Crippen LogP contribution in [0.3, 0.4) is 0 Å². The summed E-state index contributed by atoms with van der Waals surface area (Å²) < 4.78 is 17.2. The molecule has 5 unspecified atom stereocenters. The first-order valence-electron chi connectivity index (χ1n) is 11.5. The number of fused-ring (bicyclic) bond motifs is 2. The molecule has 7 heteroatoms. The SMILES string of the molecule is COC(=O)C1CC2C=CC13C(=O)N(Cc1ccccc1)C(=O)CC31c3cccc(OC)c3OC21. The molecular formula is C27H25NO6. The molecule has 7 rings (SSSR count). The van der Waals surface area contributed by atoms with Crippen LogP contribution in [0.15, 0.2) is 60.7 Å². The van der Waals surface area contributed by atoms with Gasteiger partial charge in [0.2, 0.25) is 11.8 Å². The van der Waals surface area contributed by atoms with Gasteiger partial charge < -0.3 is 14.2 Å². The average molecular weight is 459 g/mol. The fourth-order valence-corrected chi connectivity index (χ4v) is 6.83. The van der Waals surface area contributed by atoms with Crippen LogP contribution in [0.5, 0.6) is 11.5 Å². The zero-order valence-corrected chi connectivity index (χ0v) is 19.0. The van der Waals surface area contributed by atoms with Gasteiger partial charge in [-0.2, -0.15) is 0 Å². The zero-order chi connectivity index (χ0) is 23.7. The van der Waals surface area contributed by atoms with Crippen molar-refractivity contribution < 1.29 is 28.6 Å². The van der Waals surface area contributed by atoms with E-state index in [1.165, 1.54) is 12.0 Å². The number of para-hydroxylation sites is 1. The van der Waals surface area contributed by atoms with Crippen LogP contribution in [0.25, 0.3) is 0 Å². The maximum atomic E-state index is 14.4. The number of piperidine rings is 1. The van der Waals surface area contributed by atoms with Gasteiger partial charge in [0, 0.05) is 17.9 Å². The van der Waals surface area contributed by atoms with Crippen LogP contribution >= 0.6 is 0 Å². The van der Waals surface area contributed by atoms with Gasteiger partial charge in [-0.15, -0.1) is 0 Å². The number of ether oxygens (including phenoxy) is 3. The lowest BCUT2D eigenvalue weighted by atomic mass is 9.41. The van der Waals surface area contributed by atoms with E-state index in [0.29, 0.717) is 17.9 Å². The second-order valence-electron chi connectivity index (χ2n) is 9.50. The molecule has 2 amide bonds. The summed E-state index contributed by atoms with van der Waals surface area (Å²) in [6.07, 6.45) is 3.88. The van der Waals surface area contributed by atoms with Gasteiger partial charge in [0.25, 0.3) is 0 Å². The Balaban J connectivity index is 1.58. The van der Waals surface area contributed by atoms with Crippen LogP contribution in [0, 0.1) is 17.3 Å². The van der Waals surface area contributed by atoms with Crippen LogP contribution in [-0.4, -0.2) is 43.0 Å². The van der Waals surface area contributed by atoms with Crippen molar-refractivity contribution in [2.45, 2.75) is 30.9 Å². The number of nitrogens with zero attached hydrogens (tertiary/aromatic N) is 1. The molecule has 1 saturated heterocycles. The second-order valence-corrected chi connectivity index (χ2v) is 9.50. The van der Waals surface area contributed by atoms with E-state index in [9.17, 15) is 14.4 Å². The summed E-state index contributed by atoms with van der Waals surface area (Å²) in [5.74, 6) is -0.832. The van der Waals surface area contributed by atoms with Gasteiger partial charge in [-0.25, -0.2) is 0 Å². The molecule has 34 heavy (non-hydrogen) atoms. The van der Waals surface area contributed by atoms with Crippen LogP contribution in [0.2, 0.25) is 0 Å². The highest BCUT2D eigenvalue weighted by molar-refractivity contribution is 6.07. The van der Waals surface area contributed by atoms with E-state index < -0.39 is 28.8 Å². The number of carbonyl (C=O) groups is 3. The highest BCUT2D eigenvalue weighted by Gasteiger charge is 2.77. The molecule has 2 aromatic carbocycles. The van der Waals surface area contributed by atoms with Crippen molar-refractivity contribution in [3.63, 3.8) is 0 Å². The summed E-state index contributed by atoms with van der Waals surface area (Å²) in [5, 5.41) is 0. The van der Waals surface area contributed by atoms with Crippen LogP contribution in [0.4, 0.5) is 0 Å². The number of carbonyl (C=O) groups excluding carboxylic acids is 3. The van der Waals surface area contributed by atoms with Gasteiger partial charge in [0.05, 0.1) is 37.5 Å². The number of esters is 1. The zero-order valence-electron chi connectivity index (χ0n) is 19.0. The normalized spacial score (nSPS) is 32.5. The Morgan fingerprint density at radius 2 is 1.91 bits per heavy atom. The van der Waals surface area contributed by atoms with Crippen LogP contribution in [-0.2, 0) is 31.1 Å². The minimum absolute atomic E-state index is 0.0603. The van der Waals surface area contributed by atoms with Crippen molar-refractivity contribution in [1.29, 1.82) is 0 Å². The Morgan fingerprint density at radius 3 is 2.65 bits per heavy atom. The third-order valence-corrected chi connectivity index (χ3v) is 8.20. The lowest BCUT2D eigenvalue weighted by Crippen LogP contribution is -2.74. The number of amides is 2. The number of benzene rings is 2. The average Bonchev–Trinajstić information content (AvgIpc) is 3.23. The fraction of sp³-hybridized carbons (Fsp3) is 0.370. The number of imide groups is 1. The molecule has 5 aliphatic rings. The minimum Gasteiger partial charge on any atom is -0.493 e. The number of hydrogen-bond donors (Lipinski definition) is 0. The lowest BCUT2D eigenvalue weighted by Gasteiger charge is -2.62. The van der Waals surface area contributed by atoms with Gasteiger partial charge in [-0.1, -0.05) is 54.6 Å². The highest BCUT2D eigenvalue weighted by atomic mass is 16.5. The third kappa shape index (κ3) is 2.39. The predicted octanol–water partition coefficient (Wildman–Crippen LogP) is 3.02. The Kier molecular flexibility index (Phi) is 4.43. The molecule has 0 radical (unpaired) electrons. The van der Waals surface area contributed by atoms with Crippen molar-refractivity contribution in [3.8, 4) is 11.5 Å². The molecule has 1 saturated carbocycles. The molecule has 2 fully saturated rings. The van der Waals surface area contributed by atoms with E-state index in [-0.39, 0.29) is 30.7 Å². The van der Waals surface area contributed by atoms with Crippen molar-refractivity contribution in [1.82, 2.24) is 4.90 Å². The third-order valence-electron chi connectivity index (χ3n) is 8.20. The van der Waals surface area contributed by atoms with E-state index >= 15 is 0 Å². The summed E-state index contributed by atoms with van der Waals surface area (Å²) in [4.78, 5) is 42.6. The first-order chi connectivity index (χ1) is 16.5. The van der Waals surface area contributed by atoms with Crippen molar-refractivity contribution in [2.24, 2.45) is 17.3 Å². The van der Waals surface area contributed by atoms with Crippen molar-refractivity contribution >= 4 is 17.8 Å². The molecule has 5 atom stereocenters. The number of likely N-dealkylation sites (tertiary alicyclic amines) is 1. The molecule has 2 heterocycles. The molecular weight excluding hydrogens is 434 g/mol. The van der Waals surface area contributed by atoms with E-state index in [0.717, 1.165) is 11.1 Å². The standard InChI is InChI=1S/C27H25NO6/c1-32-20-10-6-9-18-22(20)34-23-17-11-12-26(19(13-17)24(30)33-2)25(31)28(21(29)14-27(18,23)26)15-16-7-4-3-5-8-16/h3-12,17,19,23H,13-15H2,1-2H3. The molecule has 2 bridgehead atoms. The maximum Gasteiger partial charge on any atom is 0.310 e. The Labute approximate surface area is 197 Å². The quantitative estimate of drug-likeness (QED) is 0.397. The molecule has 2 aliphatic heterocycles. The number of rotatable bonds is 4. The molecule has 2 spiro atoms. The van der Waals surface area contributed by atoms with E-state index in [1.807, 2.05) is 54.6 Å². The summed E-state index contributed by atoms with van der Waals surface area (Å²) in [6, 6.07) is 15.0. The Morgan fingerprint density at radius 1 is 1.12 bits per heavy atom. The van der Waals surface area contributed by atoms with E-state index in [4.69, 9.17) is 14.2 Å². The van der Waals surface area contributed by atoms with Crippen LogP contribution in [0.1, 0.15) is 24.0 Å². The summed E-state index contributed by atoms with van der Waals surface area (Å²) in [5.41, 5.74) is -0.698. The Hall–Kier alpha value is -3.61. The first-order valence-corrected chi connectivity index (χ1v) is 11.5. The van der Waals surface area contributed by atoms with Crippen molar-refractivity contribution in [3.05, 3.63) is 71.8 Å². The first kappa shape index (κ1) is 21.0. The lowest BCUT2D eigenvalue weighted by molar-refractivity contribution is -0.187. The van der Waals surface area contributed by atoms with E-state index in [2.05, 4.69) is 0 Å². The summed E-state index contributed by atoms with van der Waals surface area (Å²) in [7, 11) is 2.91. The molecule has 0 N–H and O–H groups in total. The molecule has 2 aromatic rings. The van der Waals surface area contributed by atoms with Gasteiger partial charge >= 0.3 is 5.97 Å². The van der Waals surface area contributed by atoms with Crippen LogP contribution < -0.4 is 9.47 Å². The number of hydrogen-bond acceptors (Lipinski definition) is 6. The molecule has 174 valence electrons. The monoisotopic (exact) mass is 459 g/mol. The molecule has 0 aromatic heterocycles. The summed E-state index contributed by atoms with van der Waals surface area (Å²) in [6.45, 7) is 0.151. The van der Waals surface area contributed by atoms with Gasteiger partial charge in [0.15, 0.2) is 11.5 Å². The molecule has 7 nitrogen and oxygen atoms in total. The highest BCUT2D eigenvalue weighted by Crippen LogP contribution is 2.70. The van der Waals surface area contributed by atoms with Gasteiger partial charge in [-0.05, 0) is 18.1 Å². The topological polar surface area (TPSA) is 82.1 Å². The smallest absolute Gasteiger partial charge is 0.310 e. The van der Waals surface area contributed by atoms with Gasteiger partial charge in [-0.3, -0.25) is 19.3 Å². The molecule has 3 aliphatic carbocycles. The predicted molar refractivity (Wildman–Crippen MR) is 121 cm³/mol. The largest absolute Gasteiger partial charge is 0.493 e. The van der Waals surface area contributed by atoms with E-state index in [1.54, 1.807) is 13.2 Å². The Bertz CT molecular complexity index is 1240. The van der Waals surface area contributed by atoms with Gasteiger partial charge in [0.1, 0.15) is 6.10 Å². The summed E-state index contributed by atoms with van der Waals surface area (Å²) >= 11 is 0.